The number of hydrogen-bond donors (Lipinski definition) is 1. The SMILES string of the molecule is CNCc1cc(C)nc(N2CCCOC(C)C2)c1. The van der Waals surface area contributed by atoms with Gasteiger partial charge in [0.25, 0.3) is 0 Å². The molecular weight excluding hydrogens is 226 g/mol. The standard InChI is InChI=1S/C14H23N3O/c1-11-7-13(9-15-3)8-14(16-11)17-5-4-6-18-12(2)10-17/h7-8,12,15H,4-6,9-10H2,1-3H3. The highest BCUT2D eigenvalue weighted by Gasteiger charge is 2.16. The van der Waals surface area contributed by atoms with Crippen LogP contribution < -0.4 is 10.2 Å². The second-order valence-electron chi connectivity index (χ2n) is 4.99. The third kappa shape index (κ3) is 3.43. The van der Waals surface area contributed by atoms with E-state index in [4.69, 9.17) is 4.74 Å². The van der Waals surface area contributed by atoms with E-state index in [0.29, 0.717) is 0 Å². The van der Waals surface area contributed by atoms with Gasteiger partial charge in [-0.3, -0.25) is 0 Å². The second kappa shape index (κ2) is 6.16. The summed E-state index contributed by atoms with van der Waals surface area (Å²) in [5.41, 5.74) is 2.37. The third-order valence-electron chi connectivity index (χ3n) is 3.16. The van der Waals surface area contributed by atoms with E-state index in [1.807, 2.05) is 7.05 Å². The van der Waals surface area contributed by atoms with E-state index in [0.717, 1.165) is 44.2 Å². The van der Waals surface area contributed by atoms with Gasteiger partial charge in [0.05, 0.1) is 6.10 Å². The molecule has 2 rings (SSSR count). The number of rotatable bonds is 3. The quantitative estimate of drug-likeness (QED) is 0.885. The van der Waals surface area contributed by atoms with Gasteiger partial charge in [-0.05, 0) is 45.0 Å². The van der Waals surface area contributed by atoms with Gasteiger partial charge < -0.3 is 15.0 Å². The molecule has 1 aliphatic rings. The molecule has 0 aliphatic carbocycles. The van der Waals surface area contributed by atoms with Crippen LogP contribution in [-0.2, 0) is 11.3 Å². The highest BCUT2D eigenvalue weighted by Crippen LogP contribution is 2.18. The summed E-state index contributed by atoms with van der Waals surface area (Å²) >= 11 is 0. The normalized spacial score (nSPS) is 20.8. The molecule has 0 amide bonds. The number of aromatic nitrogens is 1. The van der Waals surface area contributed by atoms with Crippen molar-refractivity contribution in [3.63, 3.8) is 0 Å². The molecule has 2 heterocycles. The Morgan fingerprint density at radius 2 is 2.33 bits per heavy atom. The van der Waals surface area contributed by atoms with Crippen molar-refractivity contribution in [2.24, 2.45) is 0 Å². The Balaban J connectivity index is 2.19. The Kier molecular flexibility index (Phi) is 4.55. The molecule has 1 atom stereocenters. The van der Waals surface area contributed by atoms with Gasteiger partial charge in [-0.15, -0.1) is 0 Å². The molecule has 0 saturated carbocycles. The first-order valence-corrected chi connectivity index (χ1v) is 6.68. The Morgan fingerprint density at radius 3 is 3.11 bits per heavy atom. The molecule has 0 bridgehead atoms. The number of anilines is 1. The molecule has 18 heavy (non-hydrogen) atoms. The van der Waals surface area contributed by atoms with Crippen LogP contribution in [-0.4, -0.2) is 37.8 Å². The largest absolute Gasteiger partial charge is 0.377 e. The van der Waals surface area contributed by atoms with Crippen LogP contribution in [0.5, 0.6) is 0 Å². The lowest BCUT2D eigenvalue weighted by Crippen LogP contribution is -2.31. The molecule has 100 valence electrons. The molecule has 0 radical (unpaired) electrons. The molecular formula is C14H23N3O. The lowest BCUT2D eigenvalue weighted by Gasteiger charge is -2.24. The number of nitrogens with zero attached hydrogens (tertiary/aromatic N) is 2. The summed E-state index contributed by atoms with van der Waals surface area (Å²) in [6.07, 6.45) is 1.35. The Hall–Kier alpha value is -1.13. The molecule has 0 spiro atoms. The molecule has 1 N–H and O–H groups in total. The van der Waals surface area contributed by atoms with Gasteiger partial charge in [-0.1, -0.05) is 0 Å². The first-order chi connectivity index (χ1) is 8.69. The highest BCUT2D eigenvalue weighted by atomic mass is 16.5. The minimum atomic E-state index is 0.280. The monoisotopic (exact) mass is 249 g/mol. The lowest BCUT2D eigenvalue weighted by molar-refractivity contribution is 0.0820. The van der Waals surface area contributed by atoms with Crippen LogP contribution in [0.15, 0.2) is 12.1 Å². The van der Waals surface area contributed by atoms with Gasteiger partial charge in [0.1, 0.15) is 5.82 Å². The first kappa shape index (κ1) is 13.3. The molecule has 1 saturated heterocycles. The summed E-state index contributed by atoms with van der Waals surface area (Å²) in [6.45, 7) is 7.88. The predicted octanol–water partition coefficient (Wildman–Crippen LogP) is 1.72. The fraction of sp³-hybridized carbons (Fsp3) is 0.643. The minimum Gasteiger partial charge on any atom is -0.377 e. The molecule has 1 aromatic heterocycles. The van der Waals surface area contributed by atoms with Crippen molar-refractivity contribution in [3.8, 4) is 0 Å². The van der Waals surface area contributed by atoms with E-state index >= 15 is 0 Å². The van der Waals surface area contributed by atoms with E-state index in [2.05, 4.69) is 41.2 Å². The first-order valence-electron chi connectivity index (χ1n) is 6.68. The maximum absolute atomic E-state index is 5.68. The van der Waals surface area contributed by atoms with Gasteiger partial charge >= 0.3 is 0 Å². The molecule has 1 unspecified atom stereocenters. The topological polar surface area (TPSA) is 37.4 Å². The van der Waals surface area contributed by atoms with Crippen LogP contribution in [0.1, 0.15) is 24.6 Å². The molecule has 1 aromatic rings. The van der Waals surface area contributed by atoms with Crippen molar-refractivity contribution in [1.82, 2.24) is 10.3 Å². The van der Waals surface area contributed by atoms with E-state index in [1.54, 1.807) is 0 Å². The Morgan fingerprint density at radius 1 is 1.50 bits per heavy atom. The number of ether oxygens (including phenoxy) is 1. The molecule has 0 aromatic carbocycles. The number of nitrogens with one attached hydrogen (secondary N) is 1. The van der Waals surface area contributed by atoms with Crippen LogP contribution in [0.25, 0.3) is 0 Å². The van der Waals surface area contributed by atoms with Crippen molar-refractivity contribution in [2.75, 3.05) is 31.6 Å². The maximum atomic E-state index is 5.68. The van der Waals surface area contributed by atoms with Crippen molar-refractivity contribution in [2.45, 2.75) is 32.9 Å². The minimum absolute atomic E-state index is 0.280. The third-order valence-corrected chi connectivity index (χ3v) is 3.16. The smallest absolute Gasteiger partial charge is 0.129 e. The zero-order valence-electron chi connectivity index (χ0n) is 11.6. The zero-order chi connectivity index (χ0) is 13.0. The predicted molar refractivity (Wildman–Crippen MR) is 74.0 cm³/mol. The summed E-state index contributed by atoms with van der Waals surface area (Å²) in [5, 5.41) is 3.19. The molecule has 1 fully saturated rings. The second-order valence-corrected chi connectivity index (χ2v) is 4.99. The summed E-state index contributed by atoms with van der Waals surface area (Å²) in [5.74, 6) is 1.08. The number of hydrogen-bond acceptors (Lipinski definition) is 4. The number of pyridine rings is 1. The van der Waals surface area contributed by atoms with Crippen LogP contribution >= 0.6 is 0 Å². The van der Waals surface area contributed by atoms with E-state index in [1.165, 1.54) is 5.56 Å². The van der Waals surface area contributed by atoms with Crippen LogP contribution in [0.3, 0.4) is 0 Å². The summed E-state index contributed by atoms with van der Waals surface area (Å²) in [7, 11) is 1.97. The molecule has 1 aliphatic heterocycles. The van der Waals surface area contributed by atoms with E-state index in [9.17, 15) is 0 Å². The van der Waals surface area contributed by atoms with Crippen LogP contribution in [0, 0.1) is 6.92 Å². The number of aryl methyl sites for hydroxylation is 1. The van der Waals surface area contributed by atoms with Gasteiger partial charge in [-0.25, -0.2) is 4.98 Å². The van der Waals surface area contributed by atoms with Crippen molar-refractivity contribution in [3.05, 3.63) is 23.4 Å². The van der Waals surface area contributed by atoms with E-state index in [-0.39, 0.29) is 6.10 Å². The highest BCUT2D eigenvalue weighted by molar-refractivity contribution is 5.43. The zero-order valence-corrected chi connectivity index (χ0v) is 11.6. The van der Waals surface area contributed by atoms with Crippen LogP contribution in [0.4, 0.5) is 5.82 Å². The molecule has 4 heteroatoms. The molecule has 4 nitrogen and oxygen atoms in total. The summed E-state index contributed by atoms with van der Waals surface area (Å²) in [4.78, 5) is 7.00. The van der Waals surface area contributed by atoms with Gasteiger partial charge in [0.2, 0.25) is 0 Å². The average molecular weight is 249 g/mol. The van der Waals surface area contributed by atoms with Crippen molar-refractivity contribution < 1.29 is 4.74 Å². The Labute approximate surface area is 109 Å². The average Bonchev–Trinajstić information content (AvgIpc) is 2.53. The fourth-order valence-corrected chi connectivity index (χ4v) is 2.39. The van der Waals surface area contributed by atoms with Crippen LogP contribution in [0.2, 0.25) is 0 Å². The van der Waals surface area contributed by atoms with Crippen molar-refractivity contribution in [1.29, 1.82) is 0 Å². The summed E-state index contributed by atoms with van der Waals surface area (Å²) in [6, 6.07) is 4.32. The van der Waals surface area contributed by atoms with Gasteiger partial charge in [-0.2, -0.15) is 0 Å². The maximum Gasteiger partial charge on any atom is 0.129 e. The van der Waals surface area contributed by atoms with E-state index < -0.39 is 0 Å². The van der Waals surface area contributed by atoms with Crippen molar-refractivity contribution >= 4 is 5.82 Å². The summed E-state index contributed by atoms with van der Waals surface area (Å²) < 4.78 is 5.68. The lowest BCUT2D eigenvalue weighted by atomic mass is 10.2. The van der Waals surface area contributed by atoms with Gasteiger partial charge in [0, 0.05) is 31.9 Å². The Bertz CT molecular complexity index is 395. The van der Waals surface area contributed by atoms with Gasteiger partial charge in [0.15, 0.2) is 0 Å². The fourth-order valence-electron chi connectivity index (χ4n) is 2.39.